The van der Waals surface area contributed by atoms with E-state index in [9.17, 15) is 18.0 Å². The first-order chi connectivity index (χ1) is 13.6. The number of anilines is 1. The van der Waals surface area contributed by atoms with Crippen molar-refractivity contribution in [1.82, 2.24) is 9.78 Å². The van der Waals surface area contributed by atoms with Gasteiger partial charge in [-0.1, -0.05) is 23.7 Å². The number of alkyl halides is 3. The second kappa shape index (κ2) is 8.16. The third-order valence-electron chi connectivity index (χ3n) is 4.13. The molecule has 0 unspecified atom stereocenters. The second-order valence-electron chi connectivity index (χ2n) is 6.38. The van der Waals surface area contributed by atoms with Crippen LogP contribution in [0.1, 0.15) is 27.2 Å². The number of para-hydroxylation sites is 1. The van der Waals surface area contributed by atoms with Crippen molar-refractivity contribution in [3.8, 4) is 5.75 Å². The molecule has 0 aliphatic rings. The largest absolute Gasteiger partial charge is 0.471 e. The average Bonchev–Trinajstić information content (AvgIpc) is 3.13. The van der Waals surface area contributed by atoms with E-state index in [2.05, 4.69) is 10.4 Å². The van der Waals surface area contributed by atoms with Gasteiger partial charge in [0.1, 0.15) is 5.75 Å². The monoisotopic (exact) mass is 423 g/mol. The van der Waals surface area contributed by atoms with E-state index in [1.807, 2.05) is 13.8 Å². The van der Waals surface area contributed by atoms with Gasteiger partial charge in [0, 0.05) is 11.2 Å². The van der Waals surface area contributed by atoms with Gasteiger partial charge in [-0.15, -0.1) is 0 Å². The molecule has 0 aliphatic carbocycles. The topological polar surface area (TPSA) is 56.1 Å². The molecule has 0 bridgehead atoms. The van der Waals surface area contributed by atoms with Crippen molar-refractivity contribution in [2.24, 2.45) is 0 Å². The Morgan fingerprint density at radius 3 is 2.48 bits per heavy atom. The van der Waals surface area contributed by atoms with Crippen LogP contribution in [0.3, 0.4) is 0 Å². The van der Waals surface area contributed by atoms with Crippen LogP contribution in [0.2, 0.25) is 5.02 Å². The maximum atomic E-state index is 13.1. The Morgan fingerprint density at radius 1 is 1.17 bits per heavy atom. The van der Waals surface area contributed by atoms with E-state index in [0.717, 1.165) is 17.2 Å². The van der Waals surface area contributed by atoms with E-state index in [4.69, 9.17) is 16.3 Å². The number of ether oxygens (including phenoxy) is 1. The molecule has 3 rings (SSSR count). The van der Waals surface area contributed by atoms with E-state index in [1.165, 1.54) is 35.1 Å². The van der Waals surface area contributed by atoms with Gasteiger partial charge in [-0.05, 0) is 55.3 Å². The van der Waals surface area contributed by atoms with Crippen LogP contribution in [0.4, 0.5) is 18.9 Å². The molecule has 1 heterocycles. The average molecular weight is 424 g/mol. The molecule has 0 atom stereocenters. The lowest BCUT2D eigenvalue weighted by Crippen LogP contribution is -2.17. The van der Waals surface area contributed by atoms with E-state index in [0.29, 0.717) is 10.8 Å². The second-order valence-corrected chi connectivity index (χ2v) is 6.76. The van der Waals surface area contributed by atoms with Gasteiger partial charge in [0.05, 0.1) is 11.3 Å². The molecule has 0 aliphatic heterocycles. The van der Waals surface area contributed by atoms with Gasteiger partial charge in [0.25, 0.3) is 5.91 Å². The minimum Gasteiger partial charge on any atom is -0.471 e. The van der Waals surface area contributed by atoms with Crippen molar-refractivity contribution in [2.75, 3.05) is 5.32 Å². The smallest absolute Gasteiger partial charge is 0.418 e. The van der Waals surface area contributed by atoms with Crippen LogP contribution in [0.5, 0.6) is 5.75 Å². The van der Waals surface area contributed by atoms with Gasteiger partial charge in [-0.3, -0.25) is 4.79 Å². The lowest BCUT2D eigenvalue weighted by atomic mass is 10.1. The third-order valence-corrected chi connectivity index (χ3v) is 4.72. The van der Waals surface area contributed by atoms with Crippen LogP contribution in [-0.4, -0.2) is 15.7 Å². The third kappa shape index (κ3) is 4.89. The van der Waals surface area contributed by atoms with Crippen molar-refractivity contribution in [2.45, 2.75) is 26.8 Å². The summed E-state index contributed by atoms with van der Waals surface area (Å²) in [5, 5.41) is 6.96. The molecule has 2 aromatic carbocycles. The zero-order valence-corrected chi connectivity index (χ0v) is 16.3. The van der Waals surface area contributed by atoms with Gasteiger partial charge >= 0.3 is 6.18 Å². The number of carbonyl (C=O) groups excluding carboxylic acids is 1. The zero-order chi connectivity index (χ0) is 21.2. The number of aryl methyl sites for hydroxylation is 2. The van der Waals surface area contributed by atoms with E-state index in [1.54, 1.807) is 12.1 Å². The quantitative estimate of drug-likeness (QED) is 0.592. The number of amides is 1. The Labute approximate surface area is 170 Å². The lowest BCUT2D eigenvalue weighted by molar-refractivity contribution is -0.136. The summed E-state index contributed by atoms with van der Waals surface area (Å²) in [6.07, 6.45) is -3.08. The highest BCUT2D eigenvalue weighted by atomic mass is 35.5. The summed E-state index contributed by atoms with van der Waals surface area (Å²) in [7, 11) is 0. The molecule has 0 saturated heterocycles. The molecular weight excluding hydrogens is 407 g/mol. The van der Waals surface area contributed by atoms with Crippen molar-refractivity contribution in [3.05, 3.63) is 76.1 Å². The van der Waals surface area contributed by atoms with Crippen molar-refractivity contribution >= 4 is 23.2 Å². The van der Waals surface area contributed by atoms with E-state index < -0.39 is 17.6 Å². The standard InChI is InChI=1S/C20H17ClF3N3O2/c1-12-9-14(10-13(2)18(12)21)29-11-27-8-7-17(26-27)19(28)25-16-6-4-3-5-15(16)20(22,23)24/h3-10H,11H2,1-2H3,(H,25,28). The number of hydrogen-bond acceptors (Lipinski definition) is 3. The van der Waals surface area contributed by atoms with Crippen LogP contribution in [-0.2, 0) is 12.9 Å². The molecule has 1 aromatic heterocycles. The maximum Gasteiger partial charge on any atom is 0.418 e. The van der Waals surface area contributed by atoms with Crippen LogP contribution in [0.25, 0.3) is 0 Å². The normalized spacial score (nSPS) is 11.4. The molecule has 152 valence electrons. The first-order valence-corrected chi connectivity index (χ1v) is 8.93. The molecule has 3 aromatic rings. The molecule has 1 amide bonds. The molecular formula is C20H17ClF3N3O2. The van der Waals surface area contributed by atoms with Gasteiger partial charge in [0.15, 0.2) is 12.4 Å². The van der Waals surface area contributed by atoms with Crippen LogP contribution >= 0.6 is 11.6 Å². The summed E-state index contributed by atoms with van der Waals surface area (Å²) < 4.78 is 46.2. The van der Waals surface area contributed by atoms with Crippen LogP contribution in [0, 0.1) is 13.8 Å². The molecule has 1 N–H and O–H groups in total. The summed E-state index contributed by atoms with van der Waals surface area (Å²) in [6.45, 7) is 3.74. The maximum absolute atomic E-state index is 13.1. The Bertz CT molecular complexity index is 1020. The number of benzene rings is 2. The summed E-state index contributed by atoms with van der Waals surface area (Å²) in [4.78, 5) is 12.3. The van der Waals surface area contributed by atoms with Gasteiger partial charge in [0.2, 0.25) is 0 Å². The molecule has 9 heteroatoms. The van der Waals surface area contributed by atoms with E-state index in [-0.39, 0.29) is 18.1 Å². The lowest BCUT2D eigenvalue weighted by Gasteiger charge is -2.12. The van der Waals surface area contributed by atoms with Crippen molar-refractivity contribution < 1.29 is 22.7 Å². The molecule has 0 saturated carbocycles. The summed E-state index contributed by atoms with van der Waals surface area (Å²) in [6, 6.07) is 9.70. The fraction of sp³-hybridized carbons (Fsp3) is 0.200. The predicted molar refractivity (Wildman–Crippen MR) is 103 cm³/mol. The summed E-state index contributed by atoms with van der Waals surface area (Å²) >= 11 is 6.12. The van der Waals surface area contributed by atoms with Crippen LogP contribution in [0.15, 0.2) is 48.7 Å². The molecule has 0 radical (unpaired) electrons. The summed E-state index contributed by atoms with van der Waals surface area (Å²) in [5.74, 6) is -0.163. The molecule has 0 fully saturated rings. The Balaban J connectivity index is 1.68. The highest BCUT2D eigenvalue weighted by Crippen LogP contribution is 2.34. The van der Waals surface area contributed by atoms with Crippen LogP contribution < -0.4 is 10.1 Å². The fourth-order valence-corrected chi connectivity index (χ4v) is 2.82. The first kappa shape index (κ1) is 20.7. The number of nitrogens with one attached hydrogen (secondary N) is 1. The van der Waals surface area contributed by atoms with Gasteiger partial charge < -0.3 is 10.1 Å². The summed E-state index contributed by atoms with van der Waals surface area (Å²) in [5.41, 5.74) is 0.442. The highest BCUT2D eigenvalue weighted by molar-refractivity contribution is 6.32. The Hall–Kier alpha value is -3.00. The number of aromatic nitrogens is 2. The first-order valence-electron chi connectivity index (χ1n) is 8.55. The van der Waals surface area contributed by atoms with Crippen molar-refractivity contribution in [1.29, 1.82) is 0 Å². The number of nitrogens with zero attached hydrogens (tertiary/aromatic N) is 2. The number of carbonyl (C=O) groups is 1. The number of halogens is 4. The SMILES string of the molecule is Cc1cc(OCn2ccc(C(=O)Nc3ccccc3C(F)(F)F)n2)cc(C)c1Cl. The van der Waals surface area contributed by atoms with Crippen molar-refractivity contribution in [3.63, 3.8) is 0 Å². The molecule has 29 heavy (non-hydrogen) atoms. The Morgan fingerprint density at radius 2 is 1.83 bits per heavy atom. The van der Waals surface area contributed by atoms with Gasteiger partial charge in [-0.2, -0.15) is 18.3 Å². The predicted octanol–water partition coefficient (Wildman–Crippen LogP) is 5.46. The molecule has 5 nitrogen and oxygen atoms in total. The zero-order valence-electron chi connectivity index (χ0n) is 15.5. The molecule has 0 spiro atoms. The van der Waals surface area contributed by atoms with E-state index >= 15 is 0 Å². The highest BCUT2D eigenvalue weighted by Gasteiger charge is 2.33. The minimum atomic E-state index is -4.58. The Kier molecular flexibility index (Phi) is 5.83. The number of hydrogen-bond donors (Lipinski definition) is 1. The minimum absolute atomic E-state index is 0.0208. The van der Waals surface area contributed by atoms with Gasteiger partial charge in [-0.25, -0.2) is 4.68 Å². The number of rotatable bonds is 5. The fourth-order valence-electron chi connectivity index (χ4n) is 2.71.